The van der Waals surface area contributed by atoms with Gasteiger partial charge in [-0.25, -0.2) is 4.39 Å². The Morgan fingerprint density at radius 3 is 2.71 bits per heavy atom. The van der Waals surface area contributed by atoms with E-state index in [0.717, 1.165) is 6.42 Å². The highest BCUT2D eigenvalue weighted by atomic mass is 19.1. The molecule has 1 aromatic rings. The summed E-state index contributed by atoms with van der Waals surface area (Å²) in [6.45, 7) is 3.23. The molecule has 24 heavy (non-hydrogen) atoms. The fourth-order valence-corrected chi connectivity index (χ4v) is 2.94. The van der Waals surface area contributed by atoms with Crippen LogP contribution in [0.3, 0.4) is 0 Å². The van der Waals surface area contributed by atoms with Crippen LogP contribution in [0.4, 0.5) is 4.39 Å². The van der Waals surface area contributed by atoms with Gasteiger partial charge in [-0.1, -0.05) is 19.1 Å². The number of carbonyl (C=O) groups excluding carboxylic acids is 2. The molecule has 0 bridgehead atoms. The maximum atomic E-state index is 13.1. The van der Waals surface area contributed by atoms with Gasteiger partial charge in [-0.05, 0) is 37.0 Å². The van der Waals surface area contributed by atoms with Gasteiger partial charge in [0.2, 0.25) is 11.8 Å². The topological polar surface area (TPSA) is 69.6 Å². The molecule has 1 aliphatic rings. The van der Waals surface area contributed by atoms with E-state index in [9.17, 15) is 19.1 Å². The molecule has 1 atom stereocenters. The molecule has 0 saturated carbocycles. The average molecular weight is 336 g/mol. The second kappa shape index (κ2) is 8.78. The number of nitrogens with one attached hydrogen (secondary N) is 1. The summed E-state index contributed by atoms with van der Waals surface area (Å²) < 4.78 is 13.1. The van der Waals surface area contributed by atoms with Gasteiger partial charge in [0, 0.05) is 32.0 Å². The first-order valence-electron chi connectivity index (χ1n) is 8.50. The highest BCUT2D eigenvalue weighted by Gasteiger charge is 2.27. The number of carbonyl (C=O) groups is 2. The van der Waals surface area contributed by atoms with Crippen LogP contribution >= 0.6 is 0 Å². The Morgan fingerprint density at radius 1 is 1.38 bits per heavy atom. The number of halogens is 1. The van der Waals surface area contributed by atoms with Crippen molar-refractivity contribution < 1.29 is 19.1 Å². The molecule has 1 saturated heterocycles. The van der Waals surface area contributed by atoms with Crippen LogP contribution in [0.1, 0.15) is 44.3 Å². The molecule has 2 rings (SSSR count). The number of likely N-dealkylation sites (tertiary alicyclic amines) is 1. The number of hydrogen-bond acceptors (Lipinski definition) is 3. The van der Waals surface area contributed by atoms with Crippen LogP contribution < -0.4 is 5.32 Å². The zero-order valence-corrected chi connectivity index (χ0v) is 14.0. The molecule has 6 heteroatoms. The summed E-state index contributed by atoms with van der Waals surface area (Å²) in [5.41, 5.74) is 0.440. The van der Waals surface area contributed by atoms with Crippen molar-refractivity contribution in [3.05, 3.63) is 35.6 Å². The van der Waals surface area contributed by atoms with Gasteiger partial charge < -0.3 is 15.3 Å². The Balaban J connectivity index is 1.76. The SMILES string of the molecule is CCCC(=O)N1CCC(C(=O)NCC(O)c2cccc(F)c2)CC1. The molecule has 2 amide bonds. The fourth-order valence-electron chi connectivity index (χ4n) is 2.94. The number of amides is 2. The summed E-state index contributed by atoms with van der Waals surface area (Å²) in [4.78, 5) is 25.9. The number of aliphatic hydroxyl groups is 1. The smallest absolute Gasteiger partial charge is 0.223 e. The summed E-state index contributed by atoms with van der Waals surface area (Å²) in [5, 5.41) is 12.8. The van der Waals surface area contributed by atoms with E-state index < -0.39 is 11.9 Å². The van der Waals surface area contributed by atoms with Gasteiger partial charge in [-0.15, -0.1) is 0 Å². The Kier molecular flexibility index (Phi) is 6.73. The van der Waals surface area contributed by atoms with Crippen molar-refractivity contribution in [1.82, 2.24) is 10.2 Å². The van der Waals surface area contributed by atoms with Crippen molar-refractivity contribution in [2.45, 2.75) is 38.7 Å². The Labute approximate surface area is 141 Å². The van der Waals surface area contributed by atoms with Crippen molar-refractivity contribution in [3.63, 3.8) is 0 Å². The lowest BCUT2D eigenvalue weighted by atomic mass is 9.95. The predicted octanol–water partition coefficient (Wildman–Crippen LogP) is 2.01. The lowest BCUT2D eigenvalue weighted by molar-refractivity contribution is -0.135. The monoisotopic (exact) mass is 336 g/mol. The Bertz CT molecular complexity index is 571. The molecule has 0 spiro atoms. The van der Waals surface area contributed by atoms with E-state index in [-0.39, 0.29) is 24.3 Å². The fraction of sp³-hybridized carbons (Fsp3) is 0.556. The van der Waals surface area contributed by atoms with E-state index in [4.69, 9.17) is 0 Å². The van der Waals surface area contributed by atoms with E-state index >= 15 is 0 Å². The molecule has 0 aliphatic carbocycles. The van der Waals surface area contributed by atoms with Crippen LogP contribution in [0.15, 0.2) is 24.3 Å². The molecule has 0 aromatic heterocycles. The van der Waals surface area contributed by atoms with Crippen LogP contribution in [-0.4, -0.2) is 41.5 Å². The third kappa shape index (κ3) is 5.03. The van der Waals surface area contributed by atoms with Crippen molar-refractivity contribution in [1.29, 1.82) is 0 Å². The van der Waals surface area contributed by atoms with Gasteiger partial charge in [0.15, 0.2) is 0 Å². The zero-order valence-electron chi connectivity index (χ0n) is 14.0. The van der Waals surface area contributed by atoms with Crippen LogP contribution in [0, 0.1) is 11.7 Å². The molecule has 5 nitrogen and oxygen atoms in total. The number of rotatable bonds is 6. The van der Waals surface area contributed by atoms with Gasteiger partial charge in [-0.2, -0.15) is 0 Å². The van der Waals surface area contributed by atoms with Crippen LogP contribution in [-0.2, 0) is 9.59 Å². The third-order valence-corrected chi connectivity index (χ3v) is 4.39. The standard InChI is InChI=1S/C18H25FN2O3/c1-2-4-17(23)21-9-7-13(8-10-21)18(24)20-12-16(22)14-5-3-6-15(19)11-14/h3,5-6,11,13,16,22H,2,4,7-10,12H2,1H3,(H,20,24). The highest BCUT2D eigenvalue weighted by molar-refractivity contribution is 5.80. The van der Waals surface area contributed by atoms with E-state index in [1.807, 2.05) is 11.8 Å². The number of aliphatic hydroxyl groups excluding tert-OH is 1. The van der Waals surface area contributed by atoms with Crippen LogP contribution in [0.2, 0.25) is 0 Å². The third-order valence-electron chi connectivity index (χ3n) is 4.39. The Morgan fingerprint density at radius 2 is 2.08 bits per heavy atom. The van der Waals surface area contributed by atoms with Gasteiger partial charge in [0.05, 0.1) is 6.10 Å². The number of piperidine rings is 1. The quantitative estimate of drug-likeness (QED) is 0.835. The molecular formula is C18H25FN2O3. The van der Waals surface area contributed by atoms with E-state index in [1.54, 1.807) is 6.07 Å². The first-order valence-corrected chi connectivity index (χ1v) is 8.50. The van der Waals surface area contributed by atoms with Gasteiger partial charge in [0.25, 0.3) is 0 Å². The second-order valence-corrected chi connectivity index (χ2v) is 6.22. The largest absolute Gasteiger partial charge is 0.387 e. The summed E-state index contributed by atoms with van der Waals surface area (Å²) in [6, 6.07) is 5.72. The maximum Gasteiger partial charge on any atom is 0.223 e. The summed E-state index contributed by atoms with van der Waals surface area (Å²) in [5.74, 6) is -0.525. The molecule has 1 fully saturated rings. The first kappa shape index (κ1) is 18.4. The molecule has 132 valence electrons. The molecule has 2 N–H and O–H groups in total. The number of hydrogen-bond donors (Lipinski definition) is 2. The van der Waals surface area contributed by atoms with Crippen molar-refractivity contribution in [3.8, 4) is 0 Å². The maximum absolute atomic E-state index is 13.1. The minimum atomic E-state index is -0.934. The van der Waals surface area contributed by atoms with E-state index in [2.05, 4.69) is 5.32 Å². The van der Waals surface area contributed by atoms with Crippen molar-refractivity contribution in [2.24, 2.45) is 5.92 Å². The molecule has 1 unspecified atom stereocenters. The lowest BCUT2D eigenvalue weighted by Crippen LogP contribution is -2.43. The Hall–Kier alpha value is -1.95. The predicted molar refractivity (Wildman–Crippen MR) is 88.6 cm³/mol. The van der Waals surface area contributed by atoms with Gasteiger partial charge >= 0.3 is 0 Å². The first-order chi connectivity index (χ1) is 11.5. The molecule has 1 heterocycles. The van der Waals surface area contributed by atoms with Crippen LogP contribution in [0.5, 0.6) is 0 Å². The van der Waals surface area contributed by atoms with E-state index in [0.29, 0.717) is 37.9 Å². The summed E-state index contributed by atoms with van der Waals surface area (Å²) in [6.07, 6.45) is 1.72. The number of benzene rings is 1. The van der Waals surface area contributed by atoms with Crippen molar-refractivity contribution >= 4 is 11.8 Å². The lowest BCUT2D eigenvalue weighted by Gasteiger charge is -2.31. The minimum absolute atomic E-state index is 0.0528. The van der Waals surface area contributed by atoms with Crippen molar-refractivity contribution in [2.75, 3.05) is 19.6 Å². The molecule has 0 radical (unpaired) electrons. The number of nitrogens with zero attached hydrogens (tertiary/aromatic N) is 1. The summed E-state index contributed by atoms with van der Waals surface area (Å²) in [7, 11) is 0. The zero-order chi connectivity index (χ0) is 17.5. The normalized spacial score (nSPS) is 16.7. The summed E-state index contributed by atoms with van der Waals surface area (Å²) >= 11 is 0. The van der Waals surface area contributed by atoms with Gasteiger partial charge in [-0.3, -0.25) is 9.59 Å². The highest BCUT2D eigenvalue weighted by Crippen LogP contribution is 2.19. The van der Waals surface area contributed by atoms with Gasteiger partial charge in [0.1, 0.15) is 5.82 Å². The molecule has 1 aromatic carbocycles. The second-order valence-electron chi connectivity index (χ2n) is 6.22. The van der Waals surface area contributed by atoms with E-state index in [1.165, 1.54) is 18.2 Å². The van der Waals surface area contributed by atoms with Crippen LogP contribution in [0.25, 0.3) is 0 Å². The molecule has 1 aliphatic heterocycles. The minimum Gasteiger partial charge on any atom is -0.387 e. The molecular weight excluding hydrogens is 311 g/mol. The average Bonchev–Trinajstić information content (AvgIpc) is 2.59.